The Bertz CT molecular complexity index is 404. The maximum atomic E-state index is 12.8. The number of hydrogen-bond donors (Lipinski definition) is 1. The molecule has 1 N–H and O–H groups in total. The predicted octanol–water partition coefficient (Wildman–Crippen LogP) is 2.35. The number of carbonyl (C=O) groups is 1. The van der Waals surface area contributed by atoms with Crippen LogP contribution in [-0.4, -0.2) is 30.4 Å². The van der Waals surface area contributed by atoms with E-state index in [1.807, 2.05) is 0 Å². The molecule has 106 valence electrons. The second-order valence-electron chi connectivity index (χ2n) is 4.82. The molecule has 0 saturated carbocycles. The highest BCUT2D eigenvalue weighted by Crippen LogP contribution is 2.11. The summed E-state index contributed by atoms with van der Waals surface area (Å²) in [5.41, 5.74) is 0.947. The zero-order chi connectivity index (χ0) is 13.0. The fourth-order valence-electron chi connectivity index (χ4n) is 2.27. The Hall–Kier alpha value is -1.13. The van der Waals surface area contributed by atoms with Gasteiger partial charge in [-0.2, -0.15) is 0 Å². The molecule has 1 saturated heterocycles. The van der Waals surface area contributed by atoms with Crippen molar-refractivity contribution in [3.05, 3.63) is 35.6 Å². The number of hydrogen-bond acceptors (Lipinski definition) is 2. The third kappa shape index (κ3) is 4.48. The fraction of sp³-hybridized carbons (Fsp3) is 0.500. The van der Waals surface area contributed by atoms with Crippen LogP contribution < -0.4 is 5.32 Å². The summed E-state index contributed by atoms with van der Waals surface area (Å²) in [5, 5.41) is 3.24. The zero-order valence-electron chi connectivity index (χ0n) is 11.1. The van der Waals surface area contributed by atoms with Crippen molar-refractivity contribution in [1.82, 2.24) is 10.2 Å². The lowest BCUT2D eigenvalue weighted by Crippen LogP contribution is -2.46. The van der Waals surface area contributed by atoms with Crippen LogP contribution in [0.5, 0.6) is 0 Å². The van der Waals surface area contributed by atoms with Gasteiger partial charge in [0, 0.05) is 13.6 Å². The van der Waals surface area contributed by atoms with Crippen LogP contribution in [0, 0.1) is 5.82 Å². The molecule has 5 heteroatoms. The van der Waals surface area contributed by atoms with Crippen LogP contribution in [0.25, 0.3) is 0 Å². The first-order chi connectivity index (χ1) is 8.66. The summed E-state index contributed by atoms with van der Waals surface area (Å²) in [6, 6.07) is 6.23. The summed E-state index contributed by atoms with van der Waals surface area (Å²) in [7, 11) is 1.79. The van der Waals surface area contributed by atoms with E-state index in [9.17, 15) is 9.18 Å². The second kappa shape index (κ2) is 7.46. The molecular weight excluding hydrogens is 267 g/mol. The van der Waals surface area contributed by atoms with Gasteiger partial charge in [-0.05, 0) is 37.1 Å². The lowest BCUT2D eigenvalue weighted by molar-refractivity contribution is -0.133. The summed E-state index contributed by atoms with van der Waals surface area (Å²) in [6.07, 6.45) is 3.16. The molecule has 0 radical (unpaired) electrons. The van der Waals surface area contributed by atoms with Crippen LogP contribution in [0.2, 0.25) is 0 Å². The summed E-state index contributed by atoms with van der Waals surface area (Å²) in [5.74, 6) is -0.124. The van der Waals surface area contributed by atoms with Crippen molar-refractivity contribution < 1.29 is 9.18 Å². The van der Waals surface area contributed by atoms with Crippen LogP contribution in [0.4, 0.5) is 4.39 Å². The van der Waals surface area contributed by atoms with Gasteiger partial charge in [0.2, 0.25) is 5.91 Å². The molecule has 3 nitrogen and oxygen atoms in total. The maximum Gasteiger partial charge on any atom is 0.239 e. The minimum Gasteiger partial charge on any atom is -0.340 e. The summed E-state index contributed by atoms with van der Waals surface area (Å²) < 4.78 is 12.8. The fourth-order valence-corrected chi connectivity index (χ4v) is 2.27. The Balaban J connectivity index is 0.00000180. The van der Waals surface area contributed by atoms with Crippen molar-refractivity contribution in [3.8, 4) is 0 Å². The van der Waals surface area contributed by atoms with Crippen molar-refractivity contribution in [1.29, 1.82) is 0 Å². The van der Waals surface area contributed by atoms with E-state index in [1.165, 1.54) is 12.1 Å². The van der Waals surface area contributed by atoms with Crippen LogP contribution in [0.3, 0.4) is 0 Å². The van der Waals surface area contributed by atoms with E-state index in [2.05, 4.69) is 5.32 Å². The van der Waals surface area contributed by atoms with Gasteiger partial charge in [-0.3, -0.25) is 4.79 Å². The predicted molar refractivity (Wildman–Crippen MR) is 75.8 cm³/mol. The molecule has 1 aliphatic rings. The lowest BCUT2D eigenvalue weighted by atomic mass is 10.0. The lowest BCUT2D eigenvalue weighted by Gasteiger charge is -2.27. The Morgan fingerprint density at radius 1 is 1.37 bits per heavy atom. The smallest absolute Gasteiger partial charge is 0.239 e. The number of benzene rings is 1. The van der Waals surface area contributed by atoms with Crippen LogP contribution >= 0.6 is 12.4 Å². The monoisotopic (exact) mass is 286 g/mol. The first-order valence-electron chi connectivity index (χ1n) is 6.39. The molecular formula is C14H20ClFN2O. The van der Waals surface area contributed by atoms with Crippen LogP contribution in [0.1, 0.15) is 24.8 Å². The first-order valence-corrected chi connectivity index (χ1v) is 6.39. The van der Waals surface area contributed by atoms with Crippen molar-refractivity contribution in [2.75, 3.05) is 13.6 Å². The molecule has 19 heavy (non-hydrogen) atoms. The number of likely N-dealkylation sites (N-methyl/N-ethyl adjacent to an activating group) is 1. The number of halogens is 2. The van der Waals surface area contributed by atoms with E-state index in [4.69, 9.17) is 0 Å². The Kier molecular flexibility index (Phi) is 6.25. The number of nitrogens with one attached hydrogen (secondary N) is 1. The van der Waals surface area contributed by atoms with Crippen molar-refractivity contribution >= 4 is 18.3 Å². The highest BCUT2D eigenvalue weighted by atomic mass is 35.5. The quantitative estimate of drug-likeness (QED) is 0.925. The third-order valence-electron chi connectivity index (χ3n) is 3.32. The van der Waals surface area contributed by atoms with Gasteiger partial charge in [-0.1, -0.05) is 18.6 Å². The number of rotatable bonds is 3. The van der Waals surface area contributed by atoms with Crippen molar-refractivity contribution in [2.45, 2.75) is 31.8 Å². The summed E-state index contributed by atoms with van der Waals surface area (Å²) in [6.45, 7) is 1.44. The van der Waals surface area contributed by atoms with E-state index in [0.717, 1.165) is 31.4 Å². The van der Waals surface area contributed by atoms with Gasteiger partial charge in [-0.25, -0.2) is 4.39 Å². The van der Waals surface area contributed by atoms with Crippen LogP contribution in [-0.2, 0) is 11.3 Å². The van der Waals surface area contributed by atoms with Gasteiger partial charge in [0.05, 0.1) is 6.04 Å². The van der Waals surface area contributed by atoms with Gasteiger partial charge in [0.1, 0.15) is 5.82 Å². The molecule has 1 aliphatic heterocycles. The molecule has 1 amide bonds. The summed E-state index contributed by atoms with van der Waals surface area (Å²) >= 11 is 0. The Morgan fingerprint density at radius 3 is 2.63 bits per heavy atom. The third-order valence-corrected chi connectivity index (χ3v) is 3.32. The Labute approximate surface area is 119 Å². The number of amides is 1. The molecule has 2 rings (SSSR count). The highest BCUT2D eigenvalue weighted by molar-refractivity contribution is 5.85. The molecule has 1 aromatic rings. The maximum absolute atomic E-state index is 12.8. The molecule has 0 spiro atoms. The molecule has 1 fully saturated rings. The van der Waals surface area contributed by atoms with E-state index in [-0.39, 0.29) is 30.2 Å². The average Bonchev–Trinajstić information content (AvgIpc) is 2.41. The number of carbonyl (C=O) groups excluding carboxylic acids is 1. The average molecular weight is 287 g/mol. The molecule has 0 aromatic heterocycles. The first kappa shape index (κ1) is 15.9. The molecule has 0 bridgehead atoms. The van der Waals surface area contributed by atoms with E-state index in [0.29, 0.717) is 6.54 Å². The second-order valence-corrected chi connectivity index (χ2v) is 4.82. The highest BCUT2D eigenvalue weighted by Gasteiger charge is 2.23. The van der Waals surface area contributed by atoms with E-state index in [1.54, 1.807) is 24.1 Å². The molecule has 1 heterocycles. The number of nitrogens with zero attached hydrogens (tertiary/aromatic N) is 1. The minimum atomic E-state index is -0.248. The standard InChI is InChI=1S/C14H19FN2O.ClH/c1-17(10-11-5-7-12(15)8-6-11)14(18)13-4-2-3-9-16-13;/h5-8,13,16H,2-4,9-10H2,1H3;1H/t13-;/m1./s1. The zero-order valence-corrected chi connectivity index (χ0v) is 11.9. The van der Waals surface area contributed by atoms with Crippen molar-refractivity contribution in [2.24, 2.45) is 0 Å². The molecule has 1 aromatic carbocycles. The summed E-state index contributed by atoms with van der Waals surface area (Å²) in [4.78, 5) is 13.9. The Morgan fingerprint density at radius 2 is 2.05 bits per heavy atom. The van der Waals surface area contributed by atoms with E-state index < -0.39 is 0 Å². The topological polar surface area (TPSA) is 32.3 Å². The minimum absolute atomic E-state index is 0. The van der Waals surface area contributed by atoms with E-state index >= 15 is 0 Å². The molecule has 0 unspecified atom stereocenters. The van der Waals surface area contributed by atoms with Gasteiger partial charge in [0.15, 0.2) is 0 Å². The largest absolute Gasteiger partial charge is 0.340 e. The van der Waals surface area contributed by atoms with Crippen molar-refractivity contribution in [3.63, 3.8) is 0 Å². The van der Waals surface area contributed by atoms with Crippen LogP contribution in [0.15, 0.2) is 24.3 Å². The SMILES string of the molecule is CN(Cc1ccc(F)cc1)C(=O)[C@H]1CCCCN1.Cl. The van der Waals surface area contributed by atoms with Gasteiger partial charge < -0.3 is 10.2 Å². The van der Waals surface area contributed by atoms with Gasteiger partial charge in [-0.15, -0.1) is 12.4 Å². The van der Waals surface area contributed by atoms with Gasteiger partial charge >= 0.3 is 0 Å². The molecule has 0 aliphatic carbocycles. The molecule has 1 atom stereocenters. The van der Waals surface area contributed by atoms with Gasteiger partial charge in [0.25, 0.3) is 0 Å². The normalized spacial score (nSPS) is 18.5. The number of piperidine rings is 1.